The van der Waals surface area contributed by atoms with Crippen molar-refractivity contribution in [3.8, 4) is 0 Å². The summed E-state index contributed by atoms with van der Waals surface area (Å²) in [5, 5.41) is 0. The fourth-order valence-corrected chi connectivity index (χ4v) is 6.80. The van der Waals surface area contributed by atoms with Crippen molar-refractivity contribution in [2.24, 2.45) is 0 Å². The number of ether oxygens (including phenoxy) is 3. The van der Waals surface area contributed by atoms with Crippen LogP contribution < -0.4 is 0 Å². The predicted octanol–water partition coefficient (Wildman–Crippen LogP) is 16.8. The topological polar surface area (TPSA) is 78.9 Å². The third kappa shape index (κ3) is 47.6. The Morgan fingerprint density at radius 3 is 1.06 bits per heavy atom. The van der Waals surface area contributed by atoms with E-state index in [9.17, 15) is 14.4 Å². The quantitative estimate of drug-likeness (QED) is 0.0263. The van der Waals surface area contributed by atoms with E-state index in [0.717, 1.165) is 122 Å². The third-order valence-electron chi connectivity index (χ3n) is 10.6. The zero-order valence-corrected chi connectivity index (χ0v) is 40.4. The summed E-state index contributed by atoms with van der Waals surface area (Å²) in [6, 6.07) is 0. The number of rotatable bonds is 45. The van der Waals surface area contributed by atoms with Gasteiger partial charge in [-0.05, 0) is 89.9 Å². The molecular weight excluding hydrogens is 769 g/mol. The molecule has 0 N–H and O–H groups in total. The van der Waals surface area contributed by atoms with E-state index in [2.05, 4.69) is 106 Å². The summed E-state index contributed by atoms with van der Waals surface area (Å²) in [6.07, 6.45) is 64.8. The Labute approximate surface area is 382 Å². The molecule has 0 aromatic heterocycles. The fourth-order valence-electron chi connectivity index (χ4n) is 6.80. The molecule has 0 heterocycles. The number of carbonyl (C=O) groups excluding carboxylic acids is 3. The van der Waals surface area contributed by atoms with E-state index in [4.69, 9.17) is 14.2 Å². The summed E-state index contributed by atoms with van der Waals surface area (Å²) in [5.41, 5.74) is 0. The number of hydrogen-bond acceptors (Lipinski definition) is 6. The summed E-state index contributed by atoms with van der Waals surface area (Å²) in [7, 11) is 0. The minimum atomic E-state index is -0.776. The molecule has 0 fully saturated rings. The van der Waals surface area contributed by atoms with Crippen molar-refractivity contribution >= 4 is 17.9 Å². The van der Waals surface area contributed by atoms with Crippen LogP contribution in [0, 0.1) is 0 Å². The van der Waals surface area contributed by atoms with Gasteiger partial charge in [0.25, 0.3) is 0 Å². The smallest absolute Gasteiger partial charge is 0.306 e. The SMILES string of the molecule is CC/C=C\C/C=C\C/C=C\C/C=C\C/C=C\C/C=C\CCCCCCCCCCCCC(=O)OCC(COC(=O)CCCCCCC)OC(=O)CCCCCCC/C=C\CCC. The second-order valence-corrected chi connectivity index (χ2v) is 16.7. The Bertz CT molecular complexity index is 1220. The van der Waals surface area contributed by atoms with Gasteiger partial charge >= 0.3 is 17.9 Å². The van der Waals surface area contributed by atoms with E-state index in [1.54, 1.807) is 0 Å². The molecule has 0 aromatic rings. The van der Waals surface area contributed by atoms with Gasteiger partial charge in [0.1, 0.15) is 13.2 Å². The maximum Gasteiger partial charge on any atom is 0.306 e. The van der Waals surface area contributed by atoms with E-state index in [1.807, 2.05) is 0 Å². The molecule has 0 saturated carbocycles. The lowest BCUT2D eigenvalue weighted by Gasteiger charge is -2.18. The summed E-state index contributed by atoms with van der Waals surface area (Å²) < 4.78 is 16.6. The Morgan fingerprint density at radius 1 is 0.339 bits per heavy atom. The number of allylic oxidation sites excluding steroid dienone is 14. The first-order chi connectivity index (χ1) is 30.5. The number of carbonyl (C=O) groups is 3. The van der Waals surface area contributed by atoms with Crippen LogP contribution in [0.2, 0.25) is 0 Å². The van der Waals surface area contributed by atoms with Crippen LogP contribution in [0.1, 0.15) is 233 Å². The van der Waals surface area contributed by atoms with Gasteiger partial charge in [-0.3, -0.25) is 14.4 Å². The van der Waals surface area contributed by atoms with E-state index >= 15 is 0 Å². The minimum Gasteiger partial charge on any atom is -0.462 e. The van der Waals surface area contributed by atoms with Gasteiger partial charge in [0, 0.05) is 19.3 Å². The second kappa shape index (κ2) is 50.2. The largest absolute Gasteiger partial charge is 0.462 e. The first-order valence-corrected chi connectivity index (χ1v) is 25.6. The molecule has 0 bridgehead atoms. The van der Waals surface area contributed by atoms with Gasteiger partial charge in [0.15, 0.2) is 6.10 Å². The minimum absolute atomic E-state index is 0.0815. The Hall–Kier alpha value is -3.41. The lowest BCUT2D eigenvalue weighted by atomic mass is 10.1. The second-order valence-electron chi connectivity index (χ2n) is 16.7. The van der Waals surface area contributed by atoms with E-state index < -0.39 is 6.10 Å². The molecule has 0 aliphatic carbocycles. The van der Waals surface area contributed by atoms with Crippen molar-refractivity contribution in [2.75, 3.05) is 13.2 Å². The lowest BCUT2D eigenvalue weighted by Crippen LogP contribution is -2.30. The van der Waals surface area contributed by atoms with Crippen LogP contribution >= 0.6 is 0 Å². The van der Waals surface area contributed by atoms with Crippen LogP contribution in [0.4, 0.5) is 0 Å². The van der Waals surface area contributed by atoms with Crippen LogP contribution in [-0.4, -0.2) is 37.2 Å². The highest BCUT2D eigenvalue weighted by Crippen LogP contribution is 2.14. The van der Waals surface area contributed by atoms with Crippen molar-refractivity contribution < 1.29 is 28.6 Å². The van der Waals surface area contributed by atoms with E-state index in [0.29, 0.717) is 19.3 Å². The maximum atomic E-state index is 12.6. The number of unbranched alkanes of at least 4 members (excludes halogenated alkanes) is 20. The van der Waals surface area contributed by atoms with Gasteiger partial charge < -0.3 is 14.2 Å². The van der Waals surface area contributed by atoms with Crippen LogP contribution in [0.3, 0.4) is 0 Å². The van der Waals surface area contributed by atoms with Crippen LogP contribution in [-0.2, 0) is 28.6 Å². The average molecular weight is 863 g/mol. The lowest BCUT2D eigenvalue weighted by molar-refractivity contribution is -0.167. The van der Waals surface area contributed by atoms with Crippen LogP contribution in [0.25, 0.3) is 0 Å². The molecule has 62 heavy (non-hydrogen) atoms. The standard InChI is InChI=1S/C56H94O6/c1-4-7-10-13-15-17-19-20-21-22-23-24-25-26-27-28-29-30-31-32-33-34-35-36-37-39-40-43-46-49-55(58)61-52-53(51-60-54(57)48-45-42-12-9-6-3)62-56(59)50-47-44-41-38-18-16-14-11-8-5-2/h7,10-11,14-15,17,20-21,23-24,26-27,29-30,53H,4-6,8-9,12-13,16,18-19,22,25,28,31-52H2,1-3H3/b10-7-,14-11-,17-15-,21-20-,24-23-,27-26-,30-29-. The zero-order chi connectivity index (χ0) is 45.1. The number of hydrogen-bond donors (Lipinski definition) is 0. The van der Waals surface area contributed by atoms with Crippen LogP contribution in [0.15, 0.2) is 85.1 Å². The number of esters is 3. The Balaban J connectivity index is 4.03. The van der Waals surface area contributed by atoms with Gasteiger partial charge in [-0.15, -0.1) is 0 Å². The molecule has 1 unspecified atom stereocenters. The highest BCUT2D eigenvalue weighted by molar-refractivity contribution is 5.71. The van der Waals surface area contributed by atoms with Gasteiger partial charge in [0.2, 0.25) is 0 Å². The summed E-state index contributed by atoms with van der Waals surface area (Å²) in [4.78, 5) is 37.5. The summed E-state index contributed by atoms with van der Waals surface area (Å²) in [5.74, 6) is -0.915. The van der Waals surface area contributed by atoms with Crippen molar-refractivity contribution in [1.29, 1.82) is 0 Å². The van der Waals surface area contributed by atoms with Crippen molar-refractivity contribution in [2.45, 2.75) is 239 Å². The maximum absolute atomic E-state index is 12.6. The first-order valence-electron chi connectivity index (χ1n) is 25.6. The fraction of sp³-hybridized carbons (Fsp3) is 0.696. The summed E-state index contributed by atoms with van der Waals surface area (Å²) >= 11 is 0. The first kappa shape index (κ1) is 58.6. The third-order valence-corrected chi connectivity index (χ3v) is 10.6. The molecule has 0 amide bonds. The molecule has 0 rings (SSSR count). The van der Waals surface area contributed by atoms with E-state index in [1.165, 1.54) is 70.6 Å². The Kier molecular flexibility index (Phi) is 47.5. The average Bonchev–Trinajstić information content (AvgIpc) is 3.27. The molecule has 0 saturated heterocycles. The summed E-state index contributed by atoms with van der Waals surface area (Å²) in [6.45, 7) is 6.35. The molecule has 0 aromatic carbocycles. The highest BCUT2D eigenvalue weighted by atomic mass is 16.6. The van der Waals surface area contributed by atoms with Gasteiger partial charge in [-0.2, -0.15) is 0 Å². The van der Waals surface area contributed by atoms with Gasteiger partial charge in [-0.25, -0.2) is 0 Å². The monoisotopic (exact) mass is 863 g/mol. The molecule has 354 valence electrons. The molecule has 6 heteroatoms. The van der Waals surface area contributed by atoms with Crippen molar-refractivity contribution in [1.82, 2.24) is 0 Å². The van der Waals surface area contributed by atoms with Gasteiger partial charge in [-0.1, -0.05) is 209 Å². The van der Waals surface area contributed by atoms with Crippen molar-refractivity contribution in [3.63, 3.8) is 0 Å². The molecule has 6 nitrogen and oxygen atoms in total. The Morgan fingerprint density at radius 2 is 0.661 bits per heavy atom. The van der Waals surface area contributed by atoms with Crippen LogP contribution in [0.5, 0.6) is 0 Å². The predicted molar refractivity (Wildman–Crippen MR) is 265 cm³/mol. The van der Waals surface area contributed by atoms with E-state index in [-0.39, 0.29) is 31.1 Å². The van der Waals surface area contributed by atoms with Gasteiger partial charge in [0.05, 0.1) is 0 Å². The molecule has 0 radical (unpaired) electrons. The molecule has 0 spiro atoms. The highest BCUT2D eigenvalue weighted by Gasteiger charge is 2.19. The molecule has 0 aliphatic rings. The molecular formula is C56H94O6. The molecule has 0 aliphatic heterocycles. The normalized spacial score (nSPS) is 12.8. The zero-order valence-electron chi connectivity index (χ0n) is 40.4. The van der Waals surface area contributed by atoms with Crippen molar-refractivity contribution in [3.05, 3.63) is 85.1 Å². The molecule has 1 atom stereocenters.